The number of rotatable bonds is 7. The van der Waals surface area contributed by atoms with Crippen molar-refractivity contribution in [1.82, 2.24) is 25.9 Å². The van der Waals surface area contributed by atoms with Gasteiger partial charge in [0.2, 0.25) is 0 Å². The summed E-state index contributed by atoms with van der Waals surface area (Å²) >= 11 is 0. The van der Waals surface area contributed by atoms with Crippen LogP contribution in [0.5, 0.6) is 0 Å². The molecule has 0 bridgehead atoms. The van der Waals surface area contributed by atoms with E-state index in [0.29, 0.717) is 5.41 Å². The third kappa shape index (κ3) is 5.82. The van der Waals surface area contributed by atoms with E-state index in [1.807, 2.05) is 12.3 Å². The first-order chi connectivity index (χ1) is 14.5. The maximum absolute atomic E-state index is 4.32. The molecule has 1 fully saturated rings. The van der Waals surface area contributed by atoms with Gasteiger partial charge in [0.25, 0.3) is 0 Å². The van der Waals surface area contributed by atoms with Crippen LogP contribution < -0.4 is 16.0 Å². The van der Waals surface area contributed by atoms with E-state index >= 15 is 0 Å². The van der Waals surface area contributed by atoms with Crippen LogP contribution in [0.2, 0.25) is 0 Å². The van der Waals surface area contributed by atoms with Crippen molar-refractivity contribution in [2.45, 2.75) is 53.5 Å². The Bertz CT molecular complexity index is 876. The number of nitrogens with one attached hydrogen (secondary N) is 3. The van der Waals surface area contributed by atoms with Crippen molar-refractivity contribution in [2.24, 2.45) is 11.3 Å². The number of aromatic nitrogens is 2. The fourth-order valence-electron chi connectivity index (χ4n) is 4.00. The fourth-order valence-corrected chi connectivity index (χ4v) is 4.00. The molecule has 0 saturated carbocycles. The summed E-state index contributed by atoms with van der Waals surface area (Å²) in [6.45, 7) is 13.3. The Morgan fingerprint density at radius 1 is 1.13 bits per heavy atom. The second-order valence-electron chi connectivity index (χ2n) is 8.76. The second kappa shape index (κ2) is 10.6. The zero-order valence-electron chi connectivity index (χ0n) is 19.0. The van der Waals surface area contributed by atoms with Gasteiger partial charge < -0.3 is 16.0 Å². The molecule has 3 N–H and O–H groups in total. The Labute approximate surface area is 181 Å². The average molecular weight is 408 g/mol. The van der Waals surface area contributed by atoms with Gasteiger partial charge in [0.1, 0.15) is 0 Å². The monoisotopic (exact) mass is 407 g/mol. The molecule has 3 heterocycles. The van der Waals surface area contributed by atoms with Gasteiger partial charge in [0.15, 0.2) is 0 Å². The van der Waals surface area contributed by atoms with Crippen LogP contribution in [0.4, 0.5) is 0 Å². The molecule has 0 amide bonds. The normalized spacial score (nSPS) is 18.1. The molecule has 1 aromatic carbocycles. The molecule has 30 heavy (non-hydrogen) atoms. The Morgan fingerprint density at radius 2 is 1.90 bits per heavy atom. The highest BCUT2D eigenvalue weighted by molar-refractivity contribution is 5.74. The maximum Gasteiger partial charge on any atom is 0.0890 e. The van der Waals surface area contributed by atoms with Crippen molar-refractivity contribution in [3.63, 3.8) is 0 Å². The third-order valence-electron chi connectivity index (χ3n) is 6.44. The van der Waals surface area contributed by atoms with E-state index in [1.165, 1.54) is 43.5 Å². The highest BCUT2D eigenvalue weighted by Gasteiger charge is 2.35. The average Bonchev–Trinajstić information content (AvgIpc) is 2.76. The lowest BCUT2D eigenvalue weighted by molar-refractivity contribution is 0.120. The predicted molar refractivity (Wildman–Crippen MR) is 126 cm³/mol. The summed E-state index contributed by atoms with van der Waals surface area (Å²) in [6.07, 6.45) is 11.7. The first-order valence-corrected chi connectivity index (χ1v) is 11.3. The molecule has 1 aromatic heterocycles. The Balaban J connectivity index is 0.000000199. The molecule has 0 spiro atoms. The van der Waals surface area contributed by atoms with Gasteiger partial charge in [-0.25, -0.2) is 0 Å². The number of benzene rings is 1. The number of dihydropyridines is 1. The number of nitrogens with zero attached hydrogens (tertiary/aromatic N) is 2. The molecule has 1 unspecified atom stereocenters. The molecular weight excluding hydrogens is 370 g/mol. The minimum atomic E-state index is 0.676. The van der Waals surface area contributed by atoms with Gasteiger partial charge in [0.05, 0.1) is 16.7 Å². The van der Waals surface area contributed by atoms with E-state index in [0.717, 1.165) is 35.7 Å². The minimum absolute atomic E-state index is 0.676. The van der Waals surface area contributed by atoms with Crippen LogP contribution in [-0.2, 0) is 6.54 Å². The summed E-state index contributed by atoms with van der Waals surface area (Å²) in [4.78, 5) is 8.59. The molecule has 1 saturated heterocycles. The zero-order valence-corrected chi connectivity index (χ0v) is 19.0. The van der Waals surface area contributed by atoms with Crippen molar-refractivity contribution >= 4 is 11.0 Å². The van der Waals surface area contributed by atoms with Crippen LogP contribution in [0.25, 0.3) is 11.0 Å². The quantitative estimate of drug-likeness (QED) is 0.629. The van der Waals surface area contributed by atoms with Crippen LogP contribution in [0, 0.1) is 11.3 Å². The third-order valence-corrected chi connectivity index (χ3v) is 6.44. The largest absolute Gasteiger partial charge is 0.386 e. The van der Waals surface area contributed by atoms with Crippen molar-refractivity contribution in [3.8, 4) is 0 Å². The molecule has 0 radical (unpaired) electrons. The van der Waals surface area contributed by atoms with E-state index in [9.17, 15) is 0 Å². The molecule has 2 aliphatic rings. The molecule has 1 atom stereocenters. The minimum Gasteiger partial charge on any atom is -0.386 e. The Morgan fingerprint density at radius 3 is 2.53 bits per heavy atom. The molecular formula is C25H37N5. The number of hydrogen-bond donors (Lipinski definition) is 3. The second-order valence-corrected chi connectivity index (χ2v) is 8.76. The number of hydrogen-bond acceptors (Lipinski definition) is 5. The highest BCUT2D eigenvalue weighted by atomic mass is 15.0. The van der Waals surface area contributed by atoms with Crippen molar-refractivity contribution in [1.29, 1.82) is 0 Å². The van der Waals surface area contributed by atoms with Crippen LogP contribution >= 0.6 is 0 Å². The van der Waals surface area contributed by atoms with E-state index in [1.54, 1.807) is 12.4 Å². The van der Waals surface area contributed by atoms with Gasteiger partial charge in [-0.2, -0.15) is 0 Å². The molecule has 5 heteroatoms. The van der Waals surface area contributed by atoms with Gasteiger partial charge >= 0.3 is 0 Å². The zero-order chi connectivity index (χ0) is 21.4. The van der Waals surface area contributed by atoms with E-state index in [2.05, 4.69) is 71.8 Å². The molecule has 4 rings (SSSR count). The smallest absolute Gasteiger partial charge is 0.0890 e. The molecule has 2 aromatic rings. The van der Waals surface area contributed by atoms with Gasteiger partial charge in [-0.3, -0.25) is 9.97 Å². The first-order valence-electron chi connectivity index (χ1n) is 11.3. The van der Waals surface area contributed by atoms with Crippen molar-refractivity contribution < 1.29 is 0 Å². The highest BCUT2D eigenvalue weighted by Crippen LogP contribution is 2.34. The van der Waals surface area contributed by atoms with Gasteiger partial charge in [0, 0.05) is 44.8 Å². The Hall–Kier alpha value is -2.40. The van der Waals surface area contributed by atoms with Crippen LogP contribution in [0.15, 0.2) is 54.1 Å². The van der Waals surface area contributed by atoms with Crippen molar-refractivity contribution in [3.05, 3.63) is 59.7 Å². The fraction of sp³-hybridized carbons (Fsp3) is 0.520. The summed E-state index contributed by atoms with van der Waals surface area (Å²) in [5.74, 6) is 0.914. The summed E-state index contributed by atoms with van der Waals surface area (Å²) in [7, 11) is 0. The molecule has 0 aliphatic carbocycles. The van der Waals surface area contributed by atoms with Gasteiger partial charge in [-0.1, -0.05) is 39.3 Å². The van der Waals surface area contributed by atoms with E-state index < -0.39 is 0 Å². The summed E-state index contributed by atoms with van der Waals surface area (Å²) in [5, 5.41) is 10.0. The van der Waals surface area contributed by atoms with Crippen molar-refractivity contribution in [2.75, 3.05) is 19.6 Å². The van der Waals surface area contributed by atoms with E-state index in [4.69, 9.17) is 0 Å². The SMILES string of the molecule is CC1=CCNC=C1NCc1ccc2nccnc2c1.CCC(C)CC1(CC)CNC1. The summed E-state index contributed by atoms with van der Waals surface area (Å²) < 4.78 is 0. The van der Waals surface area contributed by atoms with Gasteiger partial charge in [-0.15, -0.1) is 0 Å². The van der Waals surface area contributed by atoms with Crippen LogP contribution in [-0.4, -0.2) is 29.6 Å². The van der Waals surface area contributed by atoms with E-state index in [-0.39, 0.29) is 0 Å². The number of fused-ring (bicyclic) bond motifs is 1. The lowest BCUT2D eigenvalue weighted by Crippen LogP contribution is -2.53. The van der Waals surface area contributed by atoms with Crippen LogP contribution in [0.3, 0.4) is 0 Å². The first kappa shape index (κ1) is 22.3. The predicted octanol–water partition coefficient (Wildman–Crippen LogP) is 4.53. The lowest BCUT2D eigenvalue weighted by Gasteiger charge is -2.43. The number of allylic oxidation sites excluding steroid dienone is 1. The summed E-state index contributed by atoms with van der Waals surface area (Å²) in [6, 6.07) is 6.17. The lowest BCUT2D eigenvalue weighted by atomic mass is 9.72. The van der Waals surface area contributed by atoms with Crippen LogP contribution in [0.1, 0.15) is 52.5 Å². The maximum atomic E-state index is 4.32. The van der Waals surface area contributed by atoms with Gasteiger partial charge in [-0.05, 0) is 54.4 Å². The standard InChI is InChI=1S/C15H16N4.C10H21N/c1-11-4-5-16-10-15(11)19-9-12-2-3-13-14(8-12)18-7-6-17-13;1-4-9(3)6-10(5-2)7-11-8-10/h2-4,6-8,10,16,19H,5,9H2,1H3;9,11H,4-8H2,1-3H3. The molecule has 5 nitrogen and oxygen atoms in total. The molecule has 162 valence electrons. The Kier molecular flexibility index (Phi) is 7.86. The molecule has 2 aliphatic heterocycles. The topological polar surface area (TPSA) is 61.9 Å². The summed E-state index contributed by atoms with van der Waals surface area (Å²) in [5.41, 5.74) is 6.16.